The molecule has 2 rings (SSSR count). The highest BCUT2D eigenvalue weighted by molar-refractivity contribution is 5.97. The van der Waals surface area contributed by atoms with Crippen molar-refractivity contribution in [1.82, 2.24) is 5.32 Å². The predicted octanol–water partition coefficient (Wildman–Crippen LogP) is 1.70. The molecule has 9 nitrogen and oxygen atoms in total. The molecule has 0 radical (unpaired) electrons. The summed E-state index contributed by atoms with van der Waals surface area (Å²) in [5.41, 5.74) is 0.890. The maximum absolute atomic E-state index is 12.9. The van der Waals surface area contributed by atoms with Crippen LogP contribution in [0, 0.1) is 5.82 Å². The Morgan fingerprint density at radius 1 is 1.00 bits per heavy atom. The van der Waals surface area contributed by atoms with Crippen LogP contribution in [0.5, 0.6) is 5.75 Å². The second-order valence-electron chi connectivity index (χ2n) is 5.99. The van der Waals surface area contributed by atoms with E-state index in [4.69, 9.17) is 9.47 Å². The van der Waals surface area contributed by atoms with Crippen molar-refractivity contribution < 1.29 is 33.0 Å². The molecule has 0 saturated heterocycles. The SMILES string of the molecule is COc1ccc(NC(C)=O)cc1NC(=O)COC(=O)CNC(=O)c1ccc(F)cc1. The van der Waals surface area contributed by atoms with E-state index in [0.29, 0.717) is 11.4 Å². The van der Waals surface area contributed by atoms with Crippen molar-refractivity contribution in [3.63, 3.8) is 0 Å². The Morgan fingerprint density at radius 2 is 1.70 bits per heavy atom. The Bertz CT molecular complexity index is 946. The van der Waals surface area contributed by atoms with Crippen molar-refractivity contribution in [2.24, 2.45) is 0 Å². The average Bonchev–Trinajstić information content (AvgIpc) is 2.71. The second-order valence-corrected chi connectivity index (χ2v) is 5.99. The van der Waals surface area contributed by atoms with Gasteiger partial charge < -0.3 is 25.4 Å². The van der Waals surface area contributed by atoms with Crippen LogP contribution in [-0.4, -0.2) is 44.0 Å². The molecular weight excluding hydrogens is 397 g/mol. The summed E-state index contributed by atoms with van der Waals surface area (Å²) in [6.45, 7) is 0.278. The van der Waals surface area contributed by atoms with Gasteiger partial charge in [0.25, 0.3) is 11.8 Å². The van der Waals surface area contributed by atoms with Crippen LogP contribution in [0.15, 0.2) is 42.5 Å². The van der Waals surface area contributed by atoms with E-state index >= 15 is 0 Å². The lowest BCUT2D eigenvalue weighted by Crippen LogP contribution is -2.32. The van der Waals surface area contributed by atoms with Crippen LogP contribution in [0.4, 0.5) is 15.8 Å². The molecule has 3 amide bonds. The Morgan fingerprint density at radius 3 is 2.33 bits per heavy atom. The number of hydrogen-bond acceptors (Lipinski definition) is 6. The molecule has 0 spiro atoms. The monoisotopic (exact) mass is 417 g/mol. The zero-order chi connectivity index (χ0) is 22.1. The summed E-state index contributed by atoms with van der Waals surface area (Å²) >= 11 is 0. The van der Waals surface area contributed by atoms with Crippen LogP contribution in [0.2, 0.25) is 0 Å². The van der Waals surface area contributed by atoms with Crippen LogP contribution in [0.3, 0.4) is 0 Å². The van der Waals surface area contributed by atoms with Gasteiger partial charge in [-0.05, 0) is 42.5 Å². The number of benzene rings is 2. The summed E-state index contributed by atoms with van der Waals surface area (Å²) in [4.78, 5) is 46.8. The number of hydrogen-bond donors (Lipinski definition) is 3. The smallest absolute Gasteiger partial charge is 0.325 e. The molecule has 0 aromatic heterocycles. The molecule has 0 saturated carbocycles. The number of anilines is 2. The molecule has 2 aromatic carbocycles. The molecule has 10 heteroatoms. The van der Waals surface area contributed by atoms with Gasteiger partial charge in [-0.15, -0.1) is 0 Å². The van der Waals surface area contributed by atoms with Gasteiger partial charge in [-0.1, -0.05) is 0 Å². The summed E-state index contributed by atoms with van der Waals surface area (Å²) in [6.07, 6.45) is 0. The number of amides is 3. The van der Waals surface area contributed by atoms with Gasteiger partial charge in [-0.3, -0.25) is 19.2 Å². The Balaban J connectivity index is 1.83. The zero-order valence-electron chi connectivity index (χ0n) is 16.3. The zero-order valence-corrected chi connectivity index (χ0v) is 16.3. The van der Waals surface area contributed by atoms with Crippen LogP contribution in [-0.2, 0) is 19.1 Å². The van der Waals surface area contributed by atoms with Gasteiger partial charge in [0.2, 0.25) is 5.91 Å². The van der Waals surface area contributed by atoms with E-state index < -0.39 is 36.8 Å². The highest BCUT2D eigenvalue weighted by Crippen LogP contribution is 2.27. The Kier molecular flexibility index (Phi) is 7.86. The van der Waals surface area contributed by atoms with Gasteiger partial charge in [0.05, 0.1) is 12.8 Å². The molecule has 30 heavy (non-hydrogen) atoms. The number of halogens is 1. The first-order valence-corrected chi connectivity index (χ1v) is 8.73. The van der Waals surface area contributed by atoms with Crippen molar-refractivity contribution in [2.45, 2.75) is 6.92 Å². The second kappa shape index (κ2) is 10.6. The third kappa shape index (κ3) is 6.89. The quantitative estimate of drug-likeness (QED) is 0.562. The summed E-state index contributed by atoms with van der Waals surface area (Å²) in [5.74, 6) is -2.50. The molecule has 0 aliphatic heterocycles. The minimum atomic E-state index is -0.834. The Labute approximate surface area is 171 Å². The number of rotatable bonds is 8. The number of ether oxygens (including phenoxy) is 2. The summed E-state index contributed by atoms with van der Waals surface area (Å²) in [6, 6.07) is 9.41. The van der Waals surface area contributed by atoms with Crippen molar-refractivity contribution in [2.75, 3.05) is 30.9 Å². The highest BCUT2D eigenvalue weighted by Gasteiger charge is 2.13. The van der Waals surface area contributed by atoms with E-state index in [-0.39, 0.29) is 17.2 Å². The minimum Gasteiger partial charge on any atom is -0.495 e. The largest absolute Gasteiger partial charge is 0.495 e. The molecule has 158 valence electrons. The molecule has 0 unspecified atom stereocenters. The van der Waals surface area contributed by atoms with Crippen LogP contribution in [0.25, 0.3) is 0 Å². The van der Waals surface area contributed by atoms with E-state index in [1.807, 2.05) is 0 Å². The van der Waals surface area contributed by atoms with E-state index in [1.165, 1.54) is 32.2 Å². The van der Waals surface area contributed by atoms with Gasteiger partial charge >= 0.3 is 5.97 Å². The molecule has 2 aromatic rings. The molecule has 0 bridgehead atoms. The lowest BCUT2D eigenvalue weighted by Gasteiger charge is -2.12. The first-order valence-electron chi connectivity index (χ1n) is 8.73. The molecule has 0 atom stereocenters. The maximum atomic E-state index is 12.9. The van der Waals surface area contributed by atoms with Gasteiger partial charge in [0, 0.05) is 18.2 Å². The van der Waals surface area contributed by atoms with E-state index in [1.54, 1.807) is 12.1 Å². The minimum absolute atomic E-state index is 0.174. The molecule has 0 aliphatic rings. The number of nitrogens with one attached hydrogen (secondary N) is 3. The fraction of sp³-hybridized carbons (Fsp3) is 0.200. The molecule has 3 N–H and O–H groups in total. The van der Waals surface area contributed by atoms with Crippen LogP contribution in [0.1, 0.15) is 17.3 Å². The van der Waals surface area contributed by atoms with Crippen LogP contribution >= 0.6 is 0 Å². The molecular formula is C20H20FN3O6. The van der Waals surface area contributed by atoms with Crippen molar-refractivity contribution in [1.29, 1.82) is 0 Å². The third-order valence-corrected chi connectivity index (χ3v) is 3.66. The van der Waals surface area contributed by atoms with Crippen molar-refractivity contribution in [3.8, 4) is 5.75 Å². The normalized spacial score (nSPS) is 9.97. The van der Waals surface area contributed by atoms with Gasteiger partial charge in [-0.25, -0.2) is 4.39 Å². The van der Waals surface area contributed by atoms with Gasteiger partial charge in [0.15, 0.2) is 6.61 Å². The van der Waals surface area contributed by atoms with E-state index in [2.05, 4.69) is 16.0 Å². The highest BCUT2D eigenvalue weighted by atomic mass is 19.1. The van der Waals surface area contributed by atoms with E-state index in [0.717, 1.165) is 12.1 Å². The van der Waals surface area contributed by atoms with Crippen molar-refractivity contribution >= 4 is 35.1 Å². The first kappa shape index (κ1) is 22.3. The molecule has 0 aliphatic carbocycles. The fourth-order valence-corrected chi connectivity index (χ4v) is 2.33. The topological polar surface area (TPSA) is 123 Å². The standard InChI is InChI=1S/C20H20FN3O6/c1-12(25)23-15-7-8-17(29-2)16(9-15)24-18(26)11-30-19(27)10-22-20(28)13-3-5-14(21)6-4-13/h3-9H,10-11H2,1-2H3,(H,22,28)(H,23,25)(H,24,26). The Hall–Kier alpha value is -3.95. The van der Waals surface area contributed by atoms with Crippen molar-refractivity contribution in [3.05, 3.63) is 53.8 Å². The van der Waals surface area contributed by atoms with Gasteiger partial charge in [-0.2, -0.15) is 0 Å². The lowest BCUT2D eigenvalue weighted by atomic mass is 10.2. The molecule has 0 fully saturated rings. The van der Waals surface area contributed by atoms with Gasteiger partial charge in [0.1, 0.15) is 18.1 Å². The van der Waals surface area contributed by atoms with E-state index in [9.17, 15) is 23.6 Å². The number of carbonyl (C=O) groups excluding carboxylic acids is 4. The maximum Gasteiger partial charge on any atom is 0.325 e. The number of methoxy groups -OCH3 is 1. The van der Waals surface area contributed by atoms with Crippen LogP contribution < -0.4 is 20.7 Å². The summed E-state index contributed by atoms with van der Waals surface area (Å²) < 4.78 is 22.8. The summed E-state index contributed by atoms with van der Waals surface area (Å²) in [5, 5.41) is 7.39. The predicted molar refractivity (Wildman–Crippen MR) is 106 cm³/mol. The fourth-order valence-electron chi connectivity index (χ4n) is 2.33. The third-order valence-electron chi connectivity index (χ3n) is 3.66. The summed E-state index contributed by atoms with van der Waals surface area (Å²) in [7, 11) is 1.41. The number of carbonyl (C=O) groups is 4. The lowest BCUT2D eigenvalue weighted by molar-refractivity contribution is -0.146. The molecule has 0 heterocycles. The first-order chi connectivity index (χ1) is 14.3. The number of esters is 1. The average molecular weight is 417 g/mol.